The summed E-state index contributed by atoms with van der Waals surface area (Å²) in [7, 11) is 1.39. The van der Waals surface area contributed by atoms with Crippen LogP contribution in [0.25, 0.3) is 0 Å². The van der Waals surface area contributed by atoms with Crippen LogP contribution in [-0.4, -0.2) is 18.8 Å². The van der Waals surface area contributed by atoms with Crippen molar-refractivity contribution in [2.75, 3.05) is 18.2 Å². The predicted octanol–water partition coefficient (Wildman–Crippen LogP) is 3.26. The summed E-state index contributed by atoms with van der Waals surface area (Å²) in [6.45, 7) is 2.08. The van der Waals surface area contributed by atoms with Crippen LogP contribution in [0, 0.1) is 0 Å². The Kier molecular flexibility index (Phi) is 6.25. The number of ether oxygens (including phenoxy) is 1. The highest BCUT2D eigenvalue weighted by Crippen LogP contribution is 2.18. The number of carbonyl (C=O) groups is 1. The van der Waals surface area contributed by atoms with Crippen molar-refractivity contribution >= 4 is 23.4 Å². The molecule has 0 bridgehead atoms. The summed E-state index contributed by atoms with van der Waals surface area (Å²) in [5, 5.41) is 3.09. The molecule has 0 aromatic heterocycles. The lowest BCUT2D eigenvalue weighted by molar-refractivity contribution is -0.135. The highest BCUT2D eigenvalue weighted by molar-refractivity contribution is 8.03. The molecule has 0 saturated heterocycles. The molecule has 1 aromatic carbocycles. The Bertz CT molecular complexity index is 376. The second-order valence-corrected chi connectivity index (χ2v) is 4.50. The minimum Gasteiger partial charge on any atom is -0.465 e. The highest BCUT2D eigenvalue weighted by atomic mass is 32.2. The maximum atomic E-state index is 11.5. The normalized spacial score (nSPS) is 11.1. The molecule has 92 valence electrons. The Morgan fingerprint density at radius 2 is 2.12 bits per heavy atom. The van der Waals surface area contributed by atoms with Gasteiger partial charge < -0.3 is 10.1 Å². The first-order valence-electron chi connectivity index (χ1n) is 5.50. The zero-order chi connectivity index (χ0) is 12.5. The Morgan fingerprint density at radius 1 is 1.41 bits per heavy atom. The first kappa shape index (κ1) is 13.6. The fourth-order valence-corrected chi connectivity index (χ4v) is 1.92. The van der Waals surface area contributed by atoms with E-state index in [0.717, 1.165) is 17.9 Å². The third-order valence-corrected chi connectivity index (χ3v) is 3.20. The van der Waals surface area contributed by atoms with E-state index < -0.39 is 0 Å². The van der Waals surface area contributed by atoms with Crippen LogP contribution in [0.15, 0.2) is 41.4 Å². The number of para-hydroxylation sites is 1. The van der Waals surface area contributed by atoms with E-state index in [2.05, 4.69) is 12.2 Å². The molecule has 0 unspecified atom stereocenters. The van der Waals surface area contributed by atoms with E-state index in [-0.39, 0.29) is 5.97 Å². The third kappa shape index (κ3) is 4.95. The lowest BCUT2D eigenvalue weighted by atomic mass is 10.3. The number of anilines is 1. The van der Waals surface area contributed by atoms with Gasteiger partial charge in [-0.15, -0.1) is 11.8 Å². The Hall–Kier alpha value is -1.42. The maximum absolute atomic E-state index is 11.5. The molecule has 1 rings (SSSR count). The summed E-state index contributed by atoms with van der Waals surface area (Å²) in [6, 6.07) is 9.70. The summed E-state index contributed by atoms with van der Waals surface area (Å²) >= 11 is 1.50. The van der Waals surface area contributed by atoms with Crippen molar-refractivity contribution in [1.29, 1.82) is 0 Å². The molecule has 0 heterocycles. The maximum Gasteiger partial charge on any atom is 0.345 e. The molecule has 0 saturated carbocycles. The summed E-state index contributed by atoms with van der Waals surface area (Å²) in [5.41, 5.74) is 0.950. The van der Waals surface area contributed by atoms with Gasteiger partial charge in [0.1, 0.15) is 4.91 Å². The molecule has 0 atom stereocenters. The monoisotopic (exact) mass is 251 g/mol. The average Bonchev–Trinajstić information content (AvgIpc) is 2.39. The minimum absolute atomic E-state index is 0.299. The number of methoxy groups -OCH3 is 1. The number of thioether (sulfide) groups is 1. The van der Waals surface area contributed by atoms with Gasteiger partial charge in [0.25, 0.3) is 0 Å². The predicted molar refractivity (Wildman–Crippen MR) is 72.9 cm³/mol. The zero-order valence-electron chi connectivity index (χ0n) is 10.1. The topological polar surface area (TPSA) is 38.3 Å². The Labute approximate surface area is 106 Å². The molecule has 1 N–H and O–H groups in total. The van der Waals surface area contributed by atoms with Gasteiger partial charge >= 0.3 is 5.97 Å². The fourth-order valence-electron chi connectivity index (χ4n) is 1.16. The fraction of sp³-hybridized carbons (Fsp3) is 0.308. The smallest absolute Gasteiger partial charge is 0.345 e. The summed E-state index contributed by atoms with van der Waals surface area (Å²) in [6.07, 6.45) is 2.71. The SMILES string of the molecule is CCCS/C(=C/Nc1ccccc1)C(=O)OC. The Morgan fingerprint density at radius 3 is 2.71 bits per heavy atom. The van der Waals surface area contributed by atoms with E-state index in [4.69, 9.17) is 4.74 Å². The molecule has 0 spiro atoms. The minimum atomic E-state index is -0.299. The Balaban J connectivity index is 2.65. The number of esters is 1. The van der Waals surface area contributed by atoms with Crippen LogP contribution in [0.1, 0.15) is 13.3 Å². The second-order valence-electron chi connectivity index (χ2n) is 3.36. The molecule has 4 heteroatoms. The lowest BCUT2D eigenvalue weighted by Crippen LogP contribution is -2.04. The number of rotatable bonds is 6. The van der Waals surface area contributed by atoms with Crippen LogP contribution >= 0.6 is 11.8 Å². The standard InChI is InChI=1S/C13H17NO2S/c1-3-9-17-12(13(15)16-2)10-14-11-7-5-4-6-8-11/h4-8,10,14H,3,9H2,1-2H3/b12-10+. The van der Waals surface area contributed by atoms with Crippen LogP contribution in [0.5, 0.6) is 0 Å². The van der Waals surface area contributed by atoms with Gasteiger partial charge in [-0.05, 0) is 24.3 Å². The van der Waals surface area contributed by atoms with Gasteiger partial charge in [0.05, 0.1) is 7.11 Å². The molecular formula is C13H17NO2S. The van der Waals surface area contributed by atoms with Gasteiger partial charge in [-0.2, -0.15) is 0 Å². The zero-order valence-corrected chi connectivity index (χ0v) is 10.9. The summed E-state index contributed by atoms with van der Waals surface area (Å²) < 4.78 is 4.73. The van der Waals surface area contributed by atoms with Gasteiger partial charge in [-0.3, -0.25) is 0 Å². The van der Waals surface area contributed by atoms with Gasteiger partial charge in [-0.25, -0.2) is 4.79 Å². The van der Waals surface area contributed by atoms with E-state index >= 15 is 0 Å². The molecule has 0 aliphatic heterocycles. The molecule has 0 radical (unpaired) electrons. The van der Waals surface area contributed by atoms with Crippen molar-refractivity contribution in [3.05, 3.63) is 41.4 Å². The third-order valence-electron chi connectivity index (χ3n) is 1.99. The van der Waals surface area contributed by atoms with Crippen molar-refractivity contribution in [1.82, 2.24) is 0 Å². The molecular weight excluding hydrogens is 234 g/mol. The number of hydrogen-bond acceptors (Lipinski definition) is 4. The molecule has 17 heavy (non-hydrogen) atoms. The van der Waals surface area contributed by atoms with Crippen LogP contribution in [0.2, 0.25) is 0 Å². The number of carbonyl (C=O) groups excluding carboxylic acids is 1. The van der Waals surface area contributed by atoms with Crippen molar-refractivity contribution in [3.8, 4) is 0 Å². The highest BCUT2D eigenvalue weighted by Gasteiger charge is 2.09. The van der Waals surface area contributed by atoms with E-state index in [0.29, 0.717) is 4.91 Å². The van der Waals surface area contributed by atoms with E-state index in [1.165, 1.54) is 18.9 Å². The van der Waals surface area contributed by atoms with Crippen LogP contribution in [-0.2, 0) is 9.53 Å². The van der Waals surface area contributed by atoms with Gasteiger partial charge in [0.2, 0.25) is 0 Å². The van der Waals surface area contributed by atoms with Crippen molar-refractivity contribution in [2.24, 2.45) is 0 Å². The number of nitrogens with one attached hydrogen (secondary N) is 1. The van der Waals surface area contributed by atoms with Crippen LogP contribution in [0.3, 0.4) is 0 Å². The van der Waals surface area contributed by atoms with Crippen molar-refractivity contribution in [2.45, 2.75) is 13.3 Å². The number of benzene rings is 1. The molecule has 0 aliphatic rings. The molecule has 0 fully saturated rings. The van der Waals surface area contributed by atoms with Gasteiger partial charge in [0, 0.05) is 11.9 Å². The van der Waals surface area contributed by atoms with E-state index in [1.54, 1.807) is 6.20 Å². The first-order valence-corrected chi connectivity index (χ1v) is 6.49. The van der Waals surface area contributed by atoms with E-state index in [1.807, 2.05) is 30.3 Å². The van der Waals surface area contributed by atoms with Crippen LogP contribution in [0.4, 0.5) is 5.69 Å². The number of hydrogen-bond donors (Lipinski definition) is 1. The molecule has 1 aromatic rings. The quantitative estimate of drug-likeness (QED) is 0.622. The molecule has 0 amide bonds. The van der Waals surface area contributed by atoms with Gasteiger partial charge in [-0.1, -0.05) is 25.1 Å². The molecule has 0 aliphatic carbocycles. The molecule has 3 nitrogen and oxygen atoms in total. The largest absolute Gasteiger partial charge is 0.465 e. The summed E-state index contributed by atoms with van der Waals surface area (Å²) in [4.78, 5) is 12.1. The van der Waals surface area contributed by atoms with Crippen molar-refractivity contribution < 1.29 is 9.53 Å². The first-order chi connectivity index (χ1) is 8.27. The lowest BCUT2D eigenvalue weighted by Gasteiger charge is -2.06. The second kappa shape index (κ2) is 7.79. The summed E-state index contributed by atoms with van der Waals surface area (Å²) in [5.74, 6) is 0.601. The van der Waals surface area contributed by atoms with Crippen molar-refractivity contribution in [3.63, 3.8) is 0 Å². The van der Waals surface area contributed by atoms with E-state index in [9.17, 15) is 4.79 Å². The van der Waals surface area contributed by atoms with Gasteiger partial charge in [0.15, 0.2) is 0 Å². The average molecular weight is 251 g/mol. The van der Waals surface area contributed by atoms with Crippen LogP contribution < -0.4 is 5.32 Å².